The van der Waals surface area contributed by atoms with Gasteiger partial charge in [0.15, 0.2) is 11.9 Å². The van der Waals surface area contributed by atoms with Gasteiger partial charge in [0.2, 0.25) is 0 Å². The second-order valence-electron chi connectivity index (χ2n) is 5.72. The quantitative estimate of drug-likeness (QED) is 0.564. The van der Waals surface area contributed by atoms with Crippen LogP contribution >= 0.6 is 0 Å². The number of carbonyl (C=O) groups excluding carboxylic acids is 1. The molecule has 3 rings (SSSR count). The molecule has 1 N–H and O–H groups in total. The standard InChI is InChI=1S/C20H17N3O3/c1-13(19-11-16-5-3-4-6-18(16)26-19)22-23-20(24)14(2)25-17-9-7-15(12-21)8-10-17/h3-11,14H,1-2H3,(H,23,24)/b22-13+. The van der Waals surface area contributed by atoms with E-state index in [0.717, 1.165) is 11.0 Å². The van der Waals surface area contributed by atoms with Crippen LogP contribution in [0.4, 0.5) is 0 Å². The molecule has 2 aromatic carbocycles. The molecular weight excluding hydrogens is 330 g/mol. The SMILES string of the molecule is C/C(=N\NC(=O)C(C)Oc1ccc(C#N)cc1)c1cc2ccccc2o1. The largest absolute Gasteiger partial charge is 0.481 e. The summed E-state index contributed by atoms with van der Waals surface area (Å²) in [6, 6.07) is 18.1. The van der Waals surface area contributed by atoms with E-state index in [9.17, 15) is 4.79 Å². The first kappa shape index (κ1) is 17.2. The Morgan fingerprint density at radius 1 is 1.23 bits per heavy atom. The molecule has 0 saturated carbocycles. The molecule has 0 saturated heterocycles. The highest BCUT2D eigenvalue weighted by Gasteiger charge is 2.15. The molecule has 0 aliphatic heterocycles. The molecule has 0 aliphatic carbocycles. The number of ether oxygens (including phenoxy) is 1. The second kappa shape index (κ2) is 7.53. The van der Waals surface area contributed by atoms with E-state index in [1.807, 2.05) is 36.4 Å². The number of amides is 1. The highest BCUT2D eigenvalue weighted by molar-refractivity contribution is 6.00. The van der Waals surface area contributed by atoms with E-state index in [1.165, 1.54) is 0 Å². The van der Waals surface area contributed by atoms with Crippen LogP contribution in [0.5, 0.6) is 5.75 Å². The maximum absolute atomic E-state index is 12.2. The Labute approximate surface area is 150 Å². The molecule has 0 radical (unpaired) electrons. The van der Waals surface area contributed by atoms with Crippen LogP contribution in [0.1, 0.15) is 25.2 Å². The fourth-order valence-electron chi connectivity index (χ4n) is 2.31. The monoisotopic (exact) mass is 347 g/mol. The highest BCUT2D eigenvalue weighted by Crippen LogP contribution is 2.19. The van der Waals surface area contributed by atoms with Crippen molar-refractivity contribution in [1.29, 1.82) is 5.26 Å². The highest BCUT2D eigenvalue weighted by atomic mass is 16.5. The Kier molecular flexibility index (Phi) is 4.99. The third-order valence-corrected chi connectivity index (χ3v) is 3.78. The summed E-state index contributed by atoms with van der Waals surface area (Å²) in [4.78, 5) is 12.2. The average Bonchev–Trinajstić information content (AvgIpc) is 3.10. The Morgan fingerprint density at radius 3 is 2.65 bits per heavy atom. The Hall–Kier alpha value is -3.59. The summed E-state index contributed by atoms with van der Waals surface area (Å²) in [5, 5.41) is 13.8. The lowest BCUT2D eigenvalue weighted by Crippen LogP contribution is -2.33. The zero-order chi connectivity index (χ0) is 18.5. The molecule has 1 amide bonds. The van der Waals surface area contributed by atoms with Crippen LogP contribution in [0.25, 0.3) is 11.0 Å². The van der Waals surface area contributed by atoms with Gasteiger partial charge in [-0.1, -0.05) is 18.2 Å². The van der Waals surface area contributed by atoms with Crippen LogP contribution < -0.4 is 10.2 Å². The second-order valence-corrected chi connectivity index (χ2v) is 5.72. The minimum Gasteiger partial charge on any atom is -0.481 e. The van der Waals surface area contributed by atoms with Gasteiger partial charge in [-0.15, -0.1) is 0 Å². The summed E-state index contributed by atoms with van der Waals surface area (Å²) in [6.07, 6.45) is -0.741. The number of furan rings is 1. The van der Waals surface area contributed by atoms with Crippen LogP contribution in [-0.2, 0) is 4.79 Å². The molecule has 0 spiro atoms. The van der Waals surface area contributed by atoms with Crippen LogP contribution in [-0.4, -0.2) is 17.7 Å². The predicted molar refractivity (Wildman–Crippen MR) is 97.8 cm³/mol. The van der Waals surface area contributed by atoms with Crippen molar-refractivity contribution >= 4 is 22.6 Å². The number of benzene rings is 2. The van der Waals surface area contributed by atoms with Crippen LogP contribution in [0.15, 0.2) is 64.1 Å². The molecule has 6 nitrogen and oxygen atoms in total. The third kappa shape index (κ3) is 3.90. The Balaban J connectivity index is 1.62. The van der Waals surface area contributed by atoms with Gasteiger partial charge < -0.3 is 9.15 Å². The van der Waals surface area contributed by atoms with Crippen molar-refractivity contribution in [3.63, 3.8) is 0 Å². The van der Waals surface area contributed by atoms with E-state index in [2.05, 4.69) is 10.5 Å². The van der Waals surface area contributed by atoms with Crippen molar-refractivity contribution in [2.24, 2.45) is 5.10 Å². The van der Waals surface area contributed by atoms with Crippen LogP contribution in [0, 0.1) is 11.3 Å². The van der Waals surface area contributed by atoms with Gasteiger partial charge in [0.1, 0.15) is 17.0 Å². The van der Waals surface area contributed by atoms with Crippen molar-refractivity contribution in [1.82, 2.24) is 5.43 Å². The first-order chi connectivity index (χ1) is 12.6. The van der Waals surface area contributed by atoms with Crippen molar-refractivity contribution in [2.45, 2.75) is 20.0 Å². The van der Waals surface area contributed by atoms with Gasteiger partial charge in [-0.3, -0.25) is 4.79 Å². The molecular formula is C20H17N3O3. The first-order valence-electron chi connectivity index (χ1n) is 8.07. The first-order valence-corrected chi connectivity index (χ1v) is 8.07. The molecule has 26 heavy (non-hydrogen) atoms. The number of hydrazone groups is 1. The van der Waals surface area contributed by atoms with Crippen molar-refractivity contribution < 1.29 is 13.9 Å². The normalized spacial score (nSPS) is 12.4. The van der Waals surface area contributed by atoms with Crippen molar-refractivity contribution in [3.8, 4) is 11.8 Å². The zero-order valence-corrected chi connectivity index (χ0v) is 14.4. The van der Waals surface area contributed by atoms with Crippen LogP contribution in [0.2, 0.25) is 0 Å². The van der Waals surface area contributed by atoms with E-state index >= 15 is 0 Å². The average molecular weight is 347 g/mol. The van der Waals surface area contributed by atoms with Gasteiger partial charge in [-0.2, -0.15) is 10.4 Å². The number of rotatable bonds is 5. The van der Waals surface area contributed by atoms with Crippen LogP contribution in [0.3, 0.4) is 0 Å². The predicted octanol–water partition coefficient (Wildman–Crippen LogP) is 3.61. The van der Waals surface area contributed by atoms with E-state index in [0.29, 0.717) is 22.8 Å². The Bertz CT molecular complexity index is 964. The molecule has 1 atom stereocenters. The van der Waals surface area contributed by atoms with E-state index in [4.69, 9.17) is 14.4 Å². The van der Waals surface area contributed by atoms with E-state index < -0.39 is 6.10 Å². The molecule has 0 bridgehead atoms. The molecule has 0 fully saturated rings. The summed E-state index contributed by atoms with van der Waals surface area (Å²) in [5.74, 6) is 0.710. The number of fused-ring (bicyclic) bond motifs is 1. The number of hydrogen-bond acceptors (Lipinski definition) is 5. The van der Waals surface area contributed by atoms with Gasteiger partial charge in [-0.05, 0) is 50.2 Å². The number of nitrogens with one attached hydrogen (secondary N) is 1. The molecule has 6 heteroatoms. The smallest absolute Gasteiger partial charge is 0.280 e. The zero-order valence-electron chi connectivity index (χ0n) is 14.4. The van der Waals surface area contributed by atoms with Gasteiger partial charge in [0, 0.05) is 5.39 Å². The van der Waals surface area contributed by atoms with Crippen molar-refractivity contribution in [2.75, 3.05) is 0 Å². The van der Waals surface area contributed by atoms with E-state index in [-0.39, 0.29) is 5.91 Å². The van der Waals surface area contributed by atoms with Crippen molar-refractivity contribution in [3.05, 3.63) is 65.9 Å². The fourth-order valence-corrected chi connectivity index (χ4v) is 2.31. The molecule has 1 aromatic heterocycles. The number of nitriles is 1. The number of carbonyl (C=O) groups is 1. The molecule has 3 aromatic rings. The van der Waals surface area contributed by atoms with Gasteiger partial charge >= 0.3 is 0 Å². The van der Waals surface area contributed by atoms with Gasteiger partial charge in [0.05, 0.1) is 11.6 Å². The number of hydrogen-bond donors (Lipinski definition) is 1. The van der Waals surface area contributed by atoms with Gasteiger partial charge in [0.25, 0.3) is 5.91 Å². The minimum atomic E-state index is -0.741. The summed E-state index contributed by atoms with van der Waals surface area (Å²) in [7, 11) is 0. The maximum atomic E-state index is 12.2. The Morgan fingerprint density at radius 2 is 1.96 bits per heavy atom. The van der Waals surface area contributed by atoms with Gasteiger partial charge in [-0.25, -0.2) is 5.43 Å². The lowest BCUT2D eigenvalue weighted by atomic mass is 10.2. The fraction of sp³-hybridized carbons (Fsp3) is 0.150. The molecule has 0 aliphatic rings. The minimum absolute atomic E-state index is 0.384. The van der Waals surface area contributed by atoms with E-state index in [1.54, 1.807) is 38.1 Å². The number of nitrogens with zero attached hydrogens (tertiary/aromatic N) is 2. The number of para-hydroxylation sites is 1. The lowest BCUT2D eigenvalue weighted by molar-refractivity contribution is -0.127. The summed E-state index contributed by atoms with van der Waals surface area (Å²) >= 11 is 0. The lowest BCUT2D eigenvalue weighted by Gasteiger charge is -2.13. The topological polar surface area (TPSA) is 87.6 Å². The summed E-state index contributed by atoms with van der Waals surface area (Å²) in [5.41, 5.74) is 4.33. The summed E-state index contributed by atoms with van der Waals surface area (Å²) in [6.45, 7) is 3.38. The third-order valence-electron chi connectivity index (χ3n) is 3.78. The molecule has 1 unspecified atom stereocenters. The summed E-state index contributed by atoms with van der Waals surface area (Å²) < 4.78 is 11.2. The molecule has 1 heterocycles. The maximum Gasteiger partial charge on any atom is 0.280 e. The molecule has 130 valence electrons.